The van der Waals surface area contributed by atoms with Crippen LogP contribution in [-0.4, -0.2) is 23.4 Å². The van der Waals surface area contributed by atoms with Gasteiger partial charge in [-0.25, -0.2) is 4.39 Å². The van der Waals surface area contributed by atoms with Crippen LogP contribution >= 0.6 is 11.6 Å². The van der Waals surface area contributed by atoms with Crippen molar-refractivity contribution in [3.05, 3.63) is 34.6 Å². The Labute approximate surface area is 111 Å². The number of amides is 1. The number of hydrogen-bond acceptors (Lipinski definition) is 2. The summed E-state index contributed by atoms with van der Waals surface area (Å²) in [6.07, 6.45) is 2.85. The van der Waals surface area contributed by atoms with Crippen LogP contribution in [0.4, 0.5) is 4.39 Å². The minimum atomic E-state index is -0.353. The summed E-state index contributed by atoms with van der Waals surface area (Å²) in [5.41, 5.74) is 6.23. The number of carbonyl (C=O) groups excluding carboxylic acids is 1. The Morgan fingerprint density at radius 3 is 2.94 bits per heavy atom. The first-order valence-corrected chi connectivity index (χ1v) is 6.43. The summed E-state index contributed by atoms with van der Waals surface area (Å²) in [4.78, 5) is 13.4. The van der Waals surface area contributed by atoms with Gasteiger partial charge in [0.1, 0.15) is 5.82 Å². The highest BCUT2D eigenvalue weighted by Crippen LogP contribution is 2.23. The van der Waals surface area contributed by atoms with E-state index in [9.17, 15) is 9.18 Å². The molecule has 1 heterocycles. The molecule has 0 aromatic heterocycles. The Morgan fingerprint density at radius 2 is 2.28 bits per heavy atom. The van der Waals surface area contributed by atoms with Gasteiger partial charge < -0.3 is 5.73 Å². The lowest BCUT2D eigenvalue weighted by Gasteiger charge is -2.33. The van der Waals surface area contributed by atoms with Crippen molar-refractivity contribution in [2.45, 2.75) is 31.8 Å². The molecule has 0 aliphatic carbocycles. The third-order valence-corrected chi connectivity index (χ3v) is 3.68. The van der Waals surface area contributed by atoms with Crippen molar-refractivity contribution in [3.8, 4) is 0 Å². The molecule has 1 aromatic rings. The number of hydrogen-bond donors (Lipinski definition) is 1. The van der Waals surface area contributed by atoms with Gasteiger partial charge in [-0.05, 0) is 37.1 Å². The molecule has 5 heteroatoms. The van der Waals surface area contributed by atoms with Crippen LogP contribution in [0.25, 0.3) is 0 Å². The van der Waals surface area contributed by atoms with E-state index in [1.54, 1.807) is 6.07 Å². The largest absolute Gasteiger partial charge is 0.368 e. The molecule has 1 aliphatic rings. The molecule has 2 rings (SSSR count). The van der Waals surface area contributed by atoms with E-state index in [1.807, 2.05) is 4.90 Å². The zero-order chi connectivity index (χ0) is 13.1. The summed E-state index contributed by atoms with van der Waals surface area (Å²) in [6, 6.07) is 4.09. The van der Waals surface area contributed by atoms with Gasteiger partial charge in [0, 0.05) is 11.6 Å². The average molecular weight is 271 g/mol. The topological polar surface area (TPSA) is 46.3 Å². The summed E-state index contributed by atoms with van der Waals surface area (Å²) in [6.45, 7) is 1.36. The number of piperidine rings is 1. The minimum absolute atomic E-state index is 0.236. The van der Waals surface area contributed by atoms with Crippen molar-refractivity contribution in [2.24, 2.45) is 5.73 Å². The highest BCUT2D eigenvalue weighted by Gasteiger charge is 2.27. The molecule has 18 heavy (non-hydrogen) atoms. The van der Waals surface area contributed by atoms with E-state index in [0.29, 0.717) is 11.6 Å². The molecule has 0 saturated carbocycles. The summed E-state index contributed by atoms with van der Waals surface area (Å²) < 4.78 is 13.0. The number of rotatable bonds is 3. The fourth-order valence-corrected chi connectivity index (χ4v) is 2.60. The third kappa shape index (κ3) is 3.00. The maximum Gasteiger partial charge on any atom is 0.234 e. The van der Waals surface area contributed by atoms with Crippen molar-refractivity contribution < 1.29 is 9.18 Å². The van der Waals surface area contributed by atoms with Gasteiger partial charge in [-0.3, -0.25) is 9.69 Å². The van der Waals surface area contributed by atoms with Gasteiger partial charge in [0.2, 0.25) is 5.91 Å². The van der Waals surface area contributed by atoms with Crippen LogP contribution in [-0.2, 0) is 11.3 Å². The maximum absolute atomic E-state index is 13.0. The fourth-order valence-electron chi connectivity index (χ4n) is 2.37. The molecule has 1 fully saturated rings. The van der Waals surface area contributed by atoms with Gasteiger partial charge in [0.05, 0.1) is 6.04 Å². The molecule has 1 saturated heterocycles. The molecule has 1 atom stereocenters. The molecule has 0 spiro atoms. The normalized spacial score (nSPS) is 20.9. The lowest BCUT2D eigenvalue weighted by molar-refractivity contribution is -0.124. The number of primary amides is 1. The minimum Gasteiger partial charge on any atom is -0.368 e. The second-order valence-electron chi connectivity index (χ2n) is 4.62. The van der Waals surface area contributed by atoms with Gasteiger partial charge in [-0.15, -0.1) is 0 Å². The number of carbonyl (C=O) groups is 1. The lowest BCUT2D eigenvalue weighted by atomic mass is 10.0. The van der Waals surface area contributed by atoms with Crippen molar-refractivity contribution >= 4 is 17.5 Å². The monoisotopic (exact) mass is 270 g/mol. The van der Waals surface area contributed by atoms with Gasteiger partial charge in [-0.1, -0.05) is 24.1 Å². The van der Waals surface area contributed by atoms with E-state index >= 15 is 0 Å². The molecule has 2 N–H and O–H groups in total. The molecule has 98 valence electrons. The van der Waals surface area contributed by atoms with Crippen LogP contribution in [0.3, 0.4) is 0 Å². The van der Waals surface area contributed by atoms with Crippen molar-refractivity contribution in [1.82, 2.24) is 4.90 Å². The molecule has 0 bridgehead atoms. The van der Waals surface area contributed by atoms with E-state index in [1.165, 1.54) is 12.1 Å². The van der Waals surface area contributed by atoms with Crippen molar-refractivity contribution in [3.63, 3.8) is 0 Å². The predicted octanol–water partition coefficient (Wildman–Crippen LogP) is 2.32. The van der Waals surface area contributed by atoms with E-state index in [4.69, 9.17) is 17.3 Å². The Hall–Kier alpha value is -1.13. The van der Waals surface area contributed by atoms with E-state index in [0.717, 1.165) is 31.4 Å². The summed E-state index contributed by atoms with van der Waals surface area (Å²) in [5, 5.41) is 0.392. The van der Waals surface area contributed by atoms with Crippen LogP contribution in [0.15, 0.2) is 18.2 Å². The molecular weight excluding hydrogens is 255 g/mol. The van der Waals surface area contributed by atoms with Gasteiger partial charge in [0.25, 0.3) is 0 Å². The second-order valence-corrected chi connectivity index (χ2v) is 5.03. The Morgan fingerprint density at radius 1 is 1.50 bits per heavy atom. The van der Waals surface area contributed by atoms with Crippen LogP contribution in [0.5, 0.6) is 0 Å². The quantitative estimate of drug-likeness (QED) is 0.916. The second kappa shape index (κ2) is 5.67. The fraction of sp³-hybridized carbons (Fsp3) is 0.462. The summed E-state index contributed by atoms with van der Waals surface area (Å²) >= 11 is 5.99. The maximum atomic E-state index is 13.0. The smallest absolute Gasteiger partial charge is 0.234 e. The highest BCUT2D eigenvalue weighted by atomic mass is 35.5. The highest BCUT2D eigenvalue weighted by molar-refractivity contribution is 6.31. The first-order valence-electron chi connectivity index (χ1n) is 6.05. The standard InChI is InChI=1S/C13H16ClFN2O/c14-11-7-10(15)5-4-9(11)8-17-6-2-1-3-12(17)13(16)18/h4-5,7,12H,1-3,6,8H2,(H2,16,18)/t12-/m1/s1. The molecular formula is C13H16ClFN2O. The number of benzene rings is 1. The SMILES string of the molecule is NC(=O)[C@H]1CCCCN1Cc1ccc(F)cc1Cl. The summed E-state index contributed by atoms with van der Waals surface area (Å²) in [5.74, 6) is -0.651. The predicted molar refractivity (Wildman–Crippen MR) is 68.7 cm³/mol. The van der Waals surface area contributed by atoms with Gasteiger partial charge in [-0.2, -0.15) is 0 Å². The van der Waals surface area contributed by atoms with Crippen LogP contribution in [0, 0.1) is 5.82 Å². The molecule has 1 amide bonds. The molecule has 0 unspecified atom stereocenters. The van der Waals surface area contributed by atoms with E-state index < -0.39 is 0 Å². The Balaban J connectivity index is 2.13. The number of nitrogens with two attached hydrogens (primary N) is 1. The first kappa shape index (κ1) is 13.3. The van der Waals surface area contributed by atoms with Crippen molar-refractivity contribution in [1.29, 1.82) is 0 Å². The van der Waals surface area contributed by atoms with Crippen LogP contribution in [0.2, 0.25) is 5.02 Å². The summed E-state index contributed by atoms with van der Waals surface area (Å²) in [7, 11) is 0. The molecule has 1 aliphatic heterocycles. The number of halogens is 2. The molecule has 0 radical (unpaired) electrons. The van der Waals surface area contributed by atoms with Crippen molar-refractivity contribution in [2.75, 3.05) is 6.54 Å². The average Bonchev–Trinajstić information content (AvgIpc) is 2.33. The third-order valence-electron chi connectivity index (χ3n) is 3.33. The number of likely N-dealkylation sites (tertiary alicyclic amines) is 1. The molecule has 3 nitrogen and oxygen atoms in total. The Bertz CT molecular complexity index is 453. The van der Waals surface area contributed by atoms with E-state index in [-0.39, 0.29) is 17.8 Å². The lowest BCUT2D eigenvalue weighted by Crippen LogP contribution is -2.47. The Kier molecular flexibility index (Phi) is 4.19. The van der Waals surface area contributed by atoms with E-state index in [2.05, 4.69) is 0 Å². The number of nitrogens with zero attached hydrogens (tertiary/aromatic N) is 1. The van der Waals surface area contributed by atoms with Crippen LogP contribution < -0.4 is 5.73 Å². The zero-order valence-corrected chi connectivity index (χ0v) is 10.8. The first-order chi connectivity index (χ1) is 8.58. The van der Waals surface area contributed by atoms with Gasteiger partial charge >= 0.3 is 0 Å². The molecule has 1 aromatic carbocycles. The van der Waals surface area contributed by atoms with Gasteiger partial charge in [0.15, 0.2) is 0 Å². The zero-order valence-electron chi connectivity index (χ0n) is 10.0. The van der Waals surface area contributed by atoms with Crippen LogP contribution in [0.1, 0.15) is 24.8 Å².